The van der Waals surface area contributed by atoms with Crippen molar-refractivity contribution in [3.63, 3.8) is 0 Å². The Kier molecular flexibility index (Phi) is 6.39. The summed E-state index contributed by atoms with van der Waals surface area (Å²) >= 11 is 0. The van der Waals surface area contributed by atoms with Crippen LogP contribution in [0.3, 0.4) is 0 Å². The average Bonchev–Trinajstić information content (AvgIpc) is 3.31. The highest BCUT2D eigenvalue weighted by molar-refractivity contribution is 5.94. The van der Waals surface area contributed by atoms with E-state index in [0.717, 1.165) is 43.3 Å². The molecule has 1 unspecified atom stereocenters. The van der Waals surface area contributed by atoms with Crippen LogP contribution < -0.4 is 15.5 Å². The van der Waals surface area contributed by atoms with Crippen LogP contribution in [0.5, 0.6) is 0 Å². The highest BCUT2D eigenvalue weighted by Gasteiger charge is 2.31. The molecule has 12 heteroatoms. The summed E-state index contributed by atoms with van der Waals surface area (Å²) in [6, 6.07) is 7.16. The molecular weight excluding hydrogens is 483 g/mol. The molecule has 37 heavy (non-hydrogen) atoms. The monoisotopic (exact) mass is 507 g/mol. The number of aromatic amines is 1. The fourth-order valence-corrected chi connectivity index (χ4v) is 4.35. The summed E-state index contributed by atoms with van der Waals surface area (Å²) in [6.45, 7) is 6.75. The third-order valence-corrected chi connectivity index (χ3v) is 6.33. The van der Waals surface area contributed by atoms with Gasteiger partial charge in [-0.2, -0.15) is 18.4 Å². The van der Waals surface area contributed by atoms with Crippen LogP contribution in [0.4, 0.5) is 24.9 Å². The zero-order chi connectivity index (χ0) is 26.2. The molecule has 5 heterocycles. The van der Waals surface area contributed by atoms with Crippen LogP contribution in [0.2, 0.25) is 0 Å². The van der Waals surface area contributed by atoms with Crippen molar-refractivity contribution in [2.24, 2.45) is 0 Å². The third-order valence-electron chi connectivity index (χ3n) is 6.33. The van der Waals surface area contributed by atoms with Gasteiger partial charge in [0.15, 0.2) is 0 Å². The van der Waals surface area contributed by atoms with Crippen molar-refractivity contribution in [1.82, 2.24) is 30.2 Å². The van der Waals surface area contributed by atoms with Crippen molar-refractivity contribution in [2.75, 3.05) is 29.9 Å². The van der Waals surface area contributed by atoms with Gasteiger partial charge in [-0.25, -0.2) is 19.9 Å². The van der Waals surface area contributed by atoms with Crippen LogP contribution in [-0.4, -0.2) is 50.6 Å². The van der Waals surface area contributed by atoms with Gasteiger partial charge in [0.2, 0.25) is 5.95 Å². The number of nitrogens with zero attached hydrogens (tertiary/aromatic N) is 6. The molecular formula is C25H24F3N9. The van der Waals surface area contributed by atoms with Crippen molar-refractivity contribution < 1.29 is 13.2 Å². The van der Waals surface area contributed by atoms with E-state index in [-0.39, 0.29) is 34.3 Å². The molecule has 0 radical (unpaired) electrons. The molecule has 1 saturated heterocycles. The minimum absolute atomic E-state index is 0.132. The van der Waals surface area contributed by atoms with Gasteiger partial charge in [0.25, 0.3) is 0 Å². The number of aromatic nitrogens is 5. The molecule has 4 aromatic rings. The molecule has 9 nitrogen and oxygen atoms in total. The summed E-state index contributed by atoms with van der Waals surface area (Å²) in [6.07, 6.45) is 0.866. The van der Waals surface area contributed by atoms with Crippen LogP contribution in [0, 0.1) is 11.3 Å². The van der Waals surface area contributed by atoms with E-state index in [9.17, 15) is 18.4 Å². The van der Waals surface area contributed by atoms with Gasteiger partial charge in [0, 0.05) is 55.2 Å². The van der Waals surface area contributed by atoms with Gasteiger partial charge in [0.1, 0.15) is 17.5 Å². The molecule has 1 aliphatic rings. The SMILES string of the molecule is CC1CN(c2ccc([C@@H](C)Nc3ncc(C#N)c(-c4c[nH]c5ncc(C(F)(F)F)cc45)n3)cn2)CCN1. The maximum atomic E-state index is 13.3. The van der Waals surface area contributed by atoms with Gasteiger partial charge in [-0.15, -0.1) is 0 Å². The van der Waals surface area contributed by atoms with E-state index in [0.29, 0.717) is 11.6 Å². The zero-order valence-corrected chi connectivity index (χ0v) is 20.1. The third kappa shape index (κ3) is 5.03. The Balaban J connectivity index is 1.41. The van der Waals surface area contributed by atoms with Crippen LogP contribution in [0.15, 0.2) is 43.0 Å². The van der Waals surface area contributed by atoms with E-state index in [1.165, 1.54) is 12.4 Å². The molecule has 1 aliphatic heterocycles. The second kappa shape index (κ2) is 9.67. The minimum atomic E-state index is -4.55. The van der Waals surface area contributed by atoms with Gasteiger partial charge in [0.05, 0.1) is 29.1 Å². The average molecular weight is 508 g/mol. The van der Waals surface area contributed by atoms with Crippen molar-refractivity contribution in [3.8, 4) is 17.3 Å². The summed E-state index contributed by atoms with van der Waals surface area (Å²) < 4.78 is 39.8. The van der Waals surface area contributed by atoms with Gasteiger partial charge in [-0.3, -0.25) is 0 Å². The number of hydrogen-bond acceptors (Lipinski definition) is 8. The van der Waals surface area contributed by atoms with E-state index in [2.05, 4.69) is 47.4 Å². The predicted octanol–water partition coefficient (Wildman–Crippen LogP) is 4.28. The maximum absolute atomic E-state index is 13.3. The van der Waals surface area contributed by atoms with Crippen LogP contribution in [0.1, 0.15) is 36.6 Å². The van der Waals surface area contributed by atoms with Crippen molar-refractivity contribution in [2.45, 2.75) is 32.1 Å². The predicted molar refractivity (Wildman–Crippen MR) is 133 cm³/mol. The number of anilines is 2. The standard InChI is InChI=1S/C25H24F3N9/c1-14-13-37(6-5-30-14)21-4-3-16(9-31-21)15(2)35-24-34-10-17(8-29)22(36-24)20-12-33-23-19(20)7-18(11-32-23)25(26,27)28/h3-4,7,9-12,14-15,30H,5-6,13H2,1-2H3,(H,32,33)(H,34,35,36)/t14?,15-/m1/s1. The number of nitriles is 1. The Labute approximate surface area is 210 Å². The lowest BCUT2D eigenvalue weighted by Crippen LogP contribution is -2.49. The summed E-state index contributed by atoms with van der Waals surface area (Å²) in [5, 5.41) is 16.4. The topological polar surface area (TPSA) is 118 Å². The first-order valence-electron chi connectivity index (χ1n) is 11.8. The van der Waals surface area contributed by atoms with E-state index < -0.39 is 11.7 Å². The van der Waals surface area contributed by atoms with E-state index in [1.807, 2.05) is 25.1 Å². The number of fused-ring (bicyclic) bond motifs is 1. The molecule has 0 saturated carbocycles. The summed E-state index contributed by atoms with van der Waals surface area (Å²) in [5.41, 5.74) is 0.964. The van der Waals surface area contributed by atoms with E-state index >= 15 is 0 Å². The smallest absolute Gasteiger partial charge is 0.354 e. The lowest BCUT2D eigenvalue weighted by Gasteiger charge is -2.32. The lowest BCUT2D eigenvalue weighted by molar-refractivity contribution is -0.137. The quantitative estimate of drug-likeness (QED) is 0.366. The second-order valence-corrected chi connectivity index (χ2v) is 9.00. The Morgan fingerprint density at radius 3 is 2.73 bits per heavy atom. The van der Waals surface area contributed by atoms with Crippen molar-refractivity contribution >= 4 is 22.8 Å². The number of rotatable bonds is 5. The molecule has 0 spiro atoms. The number of nitrogens with one attached hydrogen (secondary N) is 3. The molecule has 190 valence electrons. The van der Waals surface area contributed by atoms with Crippen LogP contribution in [-0.2, 0) is 6.18 Å². The number of piperazine rings is 1. The Bertz CT molecular complexity index is 1460. The first kappa shape index (κ1) is 24.5. The molecule has 5 rings (SSSR count). The van der Waals surface area contributed by atoms with Gasteiger partial charge >= 0.3 is 6.18 Å². The number of pyridine rings is 2. The van der Waals surface area contributed by atoms with E-state index in [1.54, 1.807) is 6.20 Å². The number of H-pyrrole nitrogens is 1. The molecule has 1 fully saturated rings. The molecule has 0 aliphatic carbocycles. The highest BCUT2D eigenvalue weighted by atomic mass is 19.4. The first-order valence-corrected chi connectivity index (χ1v) is 11.8. The Morgan fingerprint density at radius 2 is 2.03 bits per heavy atom. The number of hydrogen-bond donors (Lipinski definition) is 3. The fraction of sp³-hybridized carbons (Fsp3) is 0.320. The number of alkyl halides is 3. The van der Waals surface area contributed by atoms with E-state index in [4.69, 9.17) is 0 Å². The zero-order valence-electron chi connectivity index (χ0n) is 20.1. The summed E-state index contributed by atoms with van der Waals surface area (Å²) in [7, 11) is 0. The van der Waals surface area contributed by atoms with Gasteiger partial charge in [-0.05, 0) is 31.5 Å². The second-order valence-electron chi connectivity index (χ2n) is 9.00. The Hall–Kier alpha value is -4.24. The van der Waals surface area contributed by atoms with Crippen LogP contribution in [0.25, 0.3) is 22.3 Å². The first-order chi connectivity index (χ1) is 17.7. The molecule has 0 bridgehead atoms. The molecule has 2 atom stereocenters. The maximum Gasteiger partial charge on any atom is 0.417 e. The number of halogens is 3. The Morgan fingerprint density at radius 1 is 1.19 bits per heavy atom. The normalized spacial score (nSPS) is 17.0. The van der Waals surface area contributed by atoms with Crippen LogP contribution >= 0.6 is 0 Å². The summed E-state index contributed by atoms with van der Waals surface area (Å²) in [4.78, 5) is 22.3. The molecule has 0 aromatic carbocycles. The minimum Gasteiger partial charge on any atom is -0.354 e. The fourth-order valence-electron chi connectivity index (χ4n) is 4.35. The summed E-state index contributed by atoms with van der Waals surface area (Å²) in [5.74, 6) is 1.14. The molecule has 0 amide bonds. The van der Waals surface area contributed by atoms with Gasteiger partial charge < -0.3 is 20.5 Å². The van der Waals surface area contributed by atoms with Crippen molar-refractivity contribution in [1.29, 1.82) is 5.26 Å². The molecule has 4 aromatic heterocycles. The van der Waals surface area contributed by atoms with Gasteiger partial charge in [-0.1, -0.05) is 6.07 Å². The lowest BCUT2D eigenvalue weighted by atomic mass is 10.1. The van der Waals surface area contributed by atoms with Crippen molar-refractivity contribution in [3.05, 3.63) is 59.7 Å². The largest absolute Gasteiger partial charge is 0.417 e. The highest BCUT2D eigenvalue weighted by Crippen LogP contribution is 2.35. The molecule has 3 N–H and O–H groups in total.